The molecule has 0 bridgehead atoms. The van der Waals surface area contributed by atoms with Gasteiger partial charge in [0, 0.05) is 6.07 Å². The average molecular weight is 286 g/mol. The van der Waals surface area contributed by atoms with Crippen molar-refractivity contribution in [3.8, 4) is 0 Å². The molecule has 0 fully saturated rings. The molecule has 0 saturated carbocycles. The maximum Gasteiger partial charge on any atom is 0.139 e. The average Bonchev–Trinajstić information content (AvgIpc) is 2.63. The number of rotatable bonds is 3. The molecule has 2 aromatic rings. The molecule has 0 aliphatic heterocycles. The van der Waals surface area contributed by atoms with Crippen molar-refractivity contribution in [2.45, 2.75) is 19.4 Å². The smallest absolute Gasteiger partial charge is 0.139 e. The first-order valence-corrected chi connectivity index (χ1v) is 5.97. The monoisotopic (exact) mass is 285 g/mol. The molecule has 1 unspecified atom stereocenters. The molecule has 0 aliphatic rings. The highest BCUT2D eigenvalue weighted by atomic mass is 79.9. The summed E-state index contributed by atoms with van der Waals surface area (Å²) in [5.41, 5.74) is 1.50. The Balaban J connectivity index is 2.51. The van der Waals surface area contributed by atoms with E-state index in [1.165, 1.54) is 6.07 Å². The molecular formula is C11H13BrFN3. The van der Waals surface area contributed by atoms with Gasteiger partial charge in [0.15, 0.2) is 0 Å². The number of hydrogen-bond acceptors (Lipinski definition) is 2. The number of H-pyrrole nitrogens is 1. The third kappa shape index (κ3) is 1.97. The Kier molecular flexibility index (Phi) is 3.25. The molecule has 3 nitrogen and oxygen atoms in total. The summed E-state index contributed by atoms with van der Waals surface area (Å²) in [4.78, 5) is 7.57. The highest BCUT2D eigenvalue weighted by molar-refractivity contribution is 9.10. The largest absolute Gasteiger partial charge is 0.341 e. The van der Waals surface area contributed by atoms with Crippen LogP contribution in [0.3, 0.4) is 0 Å². The summed E-state index contributed by atoms with van der Waals surface area (Å²) in [6.45, 7) is 2.07. The Labute approximate surface area is 102 Å². The van der Waals surface area contributed by atoms with Crippen LogP contribution < -0.4 is 5.32 Å². The molecule has 2 rings (SSSR count). The summed E-state index contributed by atoms with van der Waals surface area (Å²) in [7, 11) is 1.89. The van der Waals surface area contributed by atoms with E-state index in [1.807, 2.05) is 7.05 Å². The molecular weight excluding hydrogens is 273 g/mol. The van der Waals surface area contributed by atoms with E-state index in [2.05, 4.69) is 38.1 Å². The number of benzene rings is 1. The molecule has 0 saturated heterocycles. The van der Waals surface area contributed by atoms with Crippen LogP contribution in [0.1, 0.15) is 25.2 Å². The first-order valence-electron chi connectivity index (χ1n) is 5.17. The second kappa shape index (κ2) is 4.51. The maximum absolute atomic E-state index is 13.3. The second-order valence-corrected chi connectivity index (χ2v) is 4.51. The van der Waals surface area contributed by atoms with Crippen LogP contribution in [0, 0.1) is 5.82 Å². The van der Waals surface area contributed by atoms with E-state index in [4.69, 9.17) is 0 Å². The van der Waals surface area contributed by atoms with Crippen molar-refractivity contribution in [1.29, 1.82) is 0 Å². The third-order valence-corrected chi connectivity index (χ3v) is 3.24. The minimum atomic E-state index is -0.278. The van der Waals surface area contributed by atoms with Gasteiger partial charge < -0.3 is 10.3 Å². The SMILES string of the molecule is CCC(NC)c1nc2cc(Br)c(F)cc2[nH]1. The minimum absolute atomic E-state index is 0.175. The van der Waals surface area contributed by atoms with Crippen molar-refractivity contribution in [2.24, 2.45) is 0 Å². The molecule has 86 valence electrons. The van der Waals surface area contributed by atoms with Crippen LogP contribution in [0.5, 0.6) is 0 Å². The number of fused-ring (bicyclic) bond motifs is 1. The molecule has 5 heteroatoms. The number of imidazole rings is 1. The summed E-state index contributed by atoms with van der Waals surface area (Å²) < 4.78 is 13.8. The van der Waals surface area contributed by atoms with Gasteiger partial charge in [-0.05, 0) is 35.5 Å². The minimum Gasteiger partial charge on any atom is -0.341 e. The van der Waals surface area contributed by atoms with Crippen LogP contribution in [-0.2, 0) is 0 Å². The Morgan fingerprint density at radius 2 is 2.31 bits per heavy atom. The quantitative estimate of drug-likeness (QED) is 0.910. The molecule has 0 spiro atoms. The van der Waals surface area contributed by atoms with E-state index in [9.17, 15) is 4.39 Å². The summed E-state index contributed by atoms with van der Waals surface area (Å²) >= 11 is 3.15. The lowest BCUT2D eigenvalue weighted by atomic mass is 10.2. The van der Waals surface area contributed by atoms with Crippen LogP contribution in [0.4, 0.5) is 4.39 Å². The van der Waals surface area contributed by atoms with Gasteiger partial charge in [0.25, 0.3) is 0 Å². The van der Waals surface area contributed by atoms with Gasteiger partial charge in [0.1, 0.15) is 11.6 Å². The van der Waals surface area contributed by atoms with Crippen LogP contribution in [0.15, 0.2) is 16.6 Å². The lowest BCUT2D eigenvalue weighted by Gasteiger charge is -2.09. The van der Waals surface area contributed by atoms with Gasteiger partial charge in [0.05, 0.1) is 21.5 Å². The normalized spacial score (nSPS) is 13.2. The van der Waals surface area contributed by atoms with Gasteiger partial charge in [-0.3, -0.25) is 0 Å². The molecule has 2 N–H and O–H groups in total. The highest BCUT2D eigenvalue weighted by Gasteiger charge is 2.13. The van der Waals surface area contributed by atoms with E-state index < -0.39 is 0 Å². The van der Waals surface area contributed by atoms with Crippen molar-refractivity contribution in [3.05, 3.63) is 28.2 Å². The van der Waals surface area contributed by atoms with E-state index in [1.54, 1.807) is 6.07 Å². The number of nitrogens with one attached hydrogen (secondary N) is 2. The third-order valence-electron chi connectivity index (χ3n) is 2.63. The van der Waals surface area contributed by atoms with Crippen LogP contribution in [-0.4, -0.2) is 17.0 Å². The van der Waals surface area contributed by atoms with E-state index in [0.29, 0.717) is 4.47 Å². The van der Waals surface area contributed by atoms with E-state index in [-0.39, 0.29) is 11.9 Å². The van der Waals surface area contributed by atoms with E-state index >= 15 is 0 Å². The van der Waals surface area contributed by atoms with Gasteiger partial charge in [-0.2, -0.15) is 0 Å². The van der Waals surface area contributed by atoms with Crippen molar-refractivity contribution in [3.63, 3.8) is 0 Å². The highest BCUT2D eigenvalue weighted by Crippen LogP contribution is 2.24. The molecule has 0 aliphatic carbocycles. The number of nitrogens with zero attached hydrogens (tertiary/aromatic N) is 1. The van der Waals surface area contributed by atoms with Crippen LogP contribution in [0.2, 0.25) is 0 Å². The van der Waals surface area contributed by atoms with Gasteiger partial charge in [0.2, 0.25) is 0 Å². The molecule has 1 heterocycles. The first-order chi connectivity index (χ1) is 7.65. The van der Waals surface area contributed by atoms with Crippen molar-refractivity contribution >= 4 is 27.0 Å². The van der Waals surface area contributed by atoms with Gasteiger partial charge in [-0.25, -0.2) is 9.37 Å². The molecule has 1 aromatic heterocycles. The lowest BCUT2D eigenvalue weighted by Crippen LogP contribution is -2.16. The number of hydrogen-bond donors (Lipinski definition) is 2. The Morgan fingerprint density at radius 1 is 1.56 bits per heavy atom. The number of aromatic amines is 1. The maximum atomic E-state index is 13.3. The molecule has 1 atom stereocenters. The van der Waals surface area contributed by atoms with Crippen LogP contribution in [0.25, 0.3) is 11.0 Å². The van der Waals surface area contributed by atoms with Crippen molar-refractivity contribution in [1.82, 2.24) is 15.3 Å². The standard InChI is InChI=1S/C11H13BrFN3/c1-3-8(14-2)11-15-9-4-6(12)7(13)5-10(9)16-11/h4-5,8,14H,3H2,1-2H3,(H,15,16). The molecule has 1 aromatic carbocycles. The molecule has 0 radical (unpaired) electrons. The van der Waals surface area contributed by atoms with Gasteiger partial charge in [-0.15, -0.1) is 0 Å². The summed E-state index contributed by atoms with van der Waals surface area (Å²) in [5.74, 6) is 0.567. The van der Waals surface area contributed by atoms with Gasteiger partial charge >= 0.3 is 0 Å². The Hall–Kier alpha value is -0.940. The summed E-state index contributed by atoms with van der Waals surface area (Å²) in [5, 5.41) is 3.16. The fraction of sp³-hybridized carbons (Fsp3) is 0.364. The predicted molar refractivity (Wildman–Crippen MR) is 65.8 cm³/mol. The van der Waals surface area contributed by atoms with Crippen LogP contribution >= 0.6 is 15.9 Å². The van der Waals surface area contributed by atoms with Crippen molar-refractivity contribution in [2.75, 3.05) is 7.05 Å². The van der Waals surface area contributed by atoms with Gasteiger partial charge in [-0.1, -0.05) is 6.92 Å². The van der Waals surface area contributed by atoms with E-state index in [0.717, 1.165) is 23.3 Å². The zero-order valence-electron chi connectivity index (χ0n) is 9.14. The fourth-order valence-electron chi connectivity index (χ4n) is 1.72. The molecule has 0 amide bonds. The number of halogens is 2. The zero-order chi connectivity index (χ0) is 11.7. The topological polar surface area (TPSA) is 40.7 Å². The van der Waals surface area contributed by atoms with Crippen molar-refractivity contribution < 1.29 is 4.39 Å². The predicted octanol–water partition coefficient (Wildman–Crippen LogP) is 3.14. The second-order valence-electron chi connectivity index (χ2n) is 3.66. The first kappa shape index (κ1) is 11.5. The molecule has 16 heavy (non-hydrogen) atoms. The Morgan fingerprint density at radius 3 is 2.94 bits per heavy atom. The lowest BCUT2D eigenvalue weighted by molar-refractivity contribution is 0.551. The fourth-order valence-corrected chi connectivity index (χ4v) is 2.06. The summed E-state index contributed by atoms with van der Waals surface area (Å²) in [6.07, 6.45) is 0.931. The Bertz CT molecular complexity index is 466. The number of aromatic nitrogens is 2. The summed E-state index contributed by atoms with van der Waals surface area (Å²) in [6, 6.07) is 3.32. The zero-order valence-corrected chi connectivity index (χ0v) is 10.7.